The van der Waals surface area contributed by atoms with E-state index in [0.717, 1.165) is 19.5 Å². The summed E-state index contributed by atoms with van der Waals surface area (Å²) in [6.07, 6.45) is 0.941. The van der Waals surface area contributed by atoms with Crippen LogP contribution in [0.5, 0.6) is 0 Å². The molecule has 6 heteroatoms. The van der Waals surface area contributed by atoms with Gasteiger partial charge in [0.15, 0.2) is 0 Å². The Kier molecular flexibility index (Phi) is 4.59. The van der Waals surface area contributed by atoms with Gasteiger partial charge in [0, 0.05) is 38.3 Å². The zero-order chi connectivity index (χ0) is 15.5. The van der Waals surface area contributed by atoms with E-state index in [-0.39, 0.29) is 17.8 Å². The van der Waals surface area contributed by atoms with E-state index < -0.39 is 0 Å². The normalized spacial score (nSPS) is 21.9. The topological polar surface area (TPSA) is 44.8 Å². The van der Waals surface area contributed by atoms with E-state index in [1.54, 1.807) is 24.1 Å². The van der Waals surface area contributed by atoms with Gasteiger partial charge in [-0.05, 0) is 31.2 Å². The quantitative estimate of drug-likeness (QED) is 0.908. The van der Waals surface area contributed by atoms with E-state index in [0.29, 0.717) is 37.6 Å². The molecule has 2 heterocycles. The van der Waals surface area contributed by atoms with Crippen molar-refractivity contribution in [2.75, 3.05) is 51.3 Å². The number of nitrogens with one attached hydrogen (secondary N) is 1. The number of ether oxygens (including phenoxy) is 1. The third kappa shape index (κ3) is 3.08. The monoisotopic (exact) mass is 307 g/mol. The number of hydrogen-bond acceptors (Lipinski definition) is 4. The third-order valence-corrected chi connectivity index (χ3v) is 4.45. The summed E-state index contributed by atoms with van der Waals surface area (Å²) in [5.74, 6) is -0.466. The SMILES string of the molecule is CN(C(=O)c1ccc(N2CCOCC2)c(F)c1)[C@@H]1CCNC1. The lowest BCUT2D eigenvalue weighted by atomic mass is 10.1. The number of anilines is 1. The van der Waals surface area contributed by atoms with E-state index in [1.807, 2.05) is 4.90 Å². The average Bonchev–Trinajstić information content (AvgIpc) is 3.08. The van der Waals surface area contributed by atoms with Gasteiger partial charge in [-0.1, -0.05) is 0 Å². The van der Waals surface area contributed by atoms with E-state index >= 15 is 0 Å². The Morgan fingerprint density at radius 1 is 1.41 bits per heavy atom. The minimum atomic E-state index is -0.342. The van der Waals surface area contributed by atoms with Crippen LogP contribution in [0.25, 0.3) is 0 Å². The van der Waals surface area contributed by atoms with Crippen molar-refractivity contribution in [3.8, 4) is 0 Å². The molecule has 1 atom stereocenters. The van der Waals surface area contributed by atoms with Gasteiger partial charge < -0.3 is 19.9 Å². The van der Waals surface area contributed by atoms with Gasteiger partial charge in [0.2, 0.25) is 0 Å². The van der Waals surface area contributed by atoms with Gasteiger partial charge >= 0.3 is 0 Å². The second-order valence-electron chi connectivity index (χ2n) is 5.83. The molecule has 0 radical (unpaired) electrons. The highest BCUT2D eigenvalue weighted by molar-refractivity contribution is 5.94. The highest BCUT2D eigenvalue weighted by Gasteiger charge is 2.25. The van der Waals surface area contributed by atoms with Crippen LogP contribution in [-0.2, 0) is 4.74 Å². The zero-order valence-electron chi connectivity index (χ0n) is 12.8. The molecule has 5 nitrogen and oxygen atoms in total. The van der Waals surface area contributed by atoms with Gasteiger partial charge in [-0.3, -0.25) is 4.79 Å². The number of morpholine rings is 1. The summed E-state index contributed by atoms with van der Waals surface area (Å²) in [6, 6.07) is 4.96. The number of carbonyl (C=O) groups excluding carboxylic acids is 1. The van der Waals surface area contributed by atoms with Crippen molar-refractivity contribution in [1.29, 1.82) is 0 Å². The third-order valence-electron chi connectivity index (χ3n) is 4.45. The number of amides is 1. The van der Waals surface area contributed by atoms with E-state index in [2.05, 4.69) is 5.32 Å². The zero-order valence-corrected chi connectivity index (χ0v) is 12.8. The second-order valence-corrected chi connectivity index (χ2v) is 5.83. The lowest BCUT2D eigenvalue weighted by Crippen LogP contribution is -2.38. The largest absolute Gasteiger partial charge is 0.378 e. The summed E-state index contributed by atoms with van der Waals surface area (Å²) in [6.45, 7) is 4.30. The maximum absolute atomic E-state index is 14.4. The number of halogens is 1. The molecule has 120 valence electrons. The first-order chi connectivity index (χ1) is 10.7. The highest BCUT2D eigenvalue weighted by Crippen LogP contribution is 2.22. The molecule has 1 aromatic rings. The Bertz CT molecular complexity index is 540. The summed E-state index contributed by atoms with van der Waals surface area (Å²) in [7, 11) is 1.79. The average molecular weight is 307 g/mol. The van der Waals surface area contributed by atoms with E-state index in [1.165, 1.54) is 6.07 Å². The van der Waals surface area contributed by atoms with Crippen molar-refractivity contribution in [1.82, 2.24) is 10.2 Å². The van der Waals surface area contributed by atoms with Gasteiger partial charge in [-0.2, -0.15) is 0 Å². The molecule has 1 N–H and O–H groups in total. The van der Waals surface area contributed by atoms with Crippen molar-refractivity contribution in [3.63, 3.8) is 0 Å². The molecule has 0 bridgehead atoms. The Balaban J connectivity index is 1.74. The summed E-state index contributed by atoms with van der Waals surface area (Å²) in [4.78, 5) is 16.1. The number of carbonyl (C=O) groups is 1. The van der Waals surface area contributed by atoms with Gasteiger partial charge in [0.1, 0.15) is 5.82 Å². The maximum atomic E-state index is 14.4. The van der Waals surface area contributed by atoms with E-state index in [4.69, 9.17) is 4.74 Å². The molecule has 0 aromatic heterocycles. The van der Waals surface area contributed by atoms with Crippen LogP contribution in [-0.4, -0.2) is 63.3 Å². The minimum Gasteiger partial charge on any atom is -0.378 e. The molecule has 2 fully saturated rings. The van der Waals surface area contributed by atoms with Crippen molar-refractivity contribution >= 4 is 11.6 Å². The number of benzene rings is 1. The standard InChI is InChI=1S/C16H22FN3O2/c1-19(13-4-5-18-11-13)16(21)12-2-3-15(14(17)10-12)20-6-8-22-9-7-20/h2-3,10,13,18H,4-9,11H2,1H3/t13-/m1/s1. The first kappa shape index (κ1) is 15.2. The molecule has 1 aromatic carbocycles. The summed E-state index contributed by atoms with van der Waals surface area (Å²) in [5, 5.41) is 3.24. The Labute approximate surface area is 130 Å². The Hall–Kier alpha value is -1.66. The van der Waals surface area contributed by atoms with Gasteiger partial charge in [0.25, 0.3) is 5.91 Å². The molecule has 0 aliphatic carbocycles. The number of rotatable bonds is 3. The first-order valence-electron chi connectivity index (χ1n) is 7.77. The summed E-state index contributed by atoms with van der Waals surface area (Å²) in [5.41, 5.74) is 0.953. The fourth-order valence-corrected chi connectivity index (χ4v) is 3.04. The van der Waals surface area contributed by atoms with Gasteiger partial charge in [0.05, 0.1) is 18.9 Å². The molecule has 0 saturated carbocycles. The van der Waals surface area contributed by atoms with Crippen molar-refractivity contribution in [2.45, 2.75) is 12.5 Å². The van der Waals surface area contributed by atoms with Crippen molar-refractivity contribution in [2.24, 2.45) is 0 Å². The number of hydrogen-bond donors (Lipinski definition) is 1. The van der Waals surface area contributed by atoms with Crippen molar-refractivity contribution < 1.29 is 13.9 Å². The fourth-order valence-electron chi connectivity index (χ4n) is 3.04. The molecule has 0 unspecified atom stereocenters. The smallest absolute Gasteiger partial charge is 0.253 e. The lowest BCUT2D eigenvalue weighted by Gasteiger charge is -2.29. The first-order valence-corrected chi connectivity index (χ1v) is 7.77. The summed E-state index contributed by atoms with van der Waals surface area (Å²) >= 11 is 0. The fraction of sp³-hybridized carbons (Fsp3) is 0.562. The predicted molar refractivity (Wildman–Crippen MR) is 82.8 cm³/mol. The van der Waals surface area contributed by atoms with Crippen LogP contribution in [0.15, 0.2) is 18.2 Å². The molecule has 3 rings (SSSR count). The maximum Gasteiger partial charge on any atom is 0.253 e. The van der Waals surface area contributed by atoms with Gasteiger partial charge in [-0.15, -0.1) is 0 Å². The molecule has 1 amide bonds. The van der Waals surface area contributed by atoms with Crippen LogP contribution in [0.3, 0.4) is 0 Å². The number of nitrogens with zero attached hydrogens (tertiary/aromatic N) is 2. The van der Waals surface area contributed by atoms with Crippen LogP contribution in [0, 0.1) is 5.82 Å². The summed E-state index contributed by atoms with van der Waals surface area (Å²) < 4.78 is 19.7. The molecule has 22 heavy (non-hydrogen) atoms. The Morgan fingerprint density at radius 3 is 2.82 bits per heavy atom. The molecular formula is C16H22FN3O2. The van der Waals surface area contributed by atoms with E-state index in [9.17, 15) is 9.18 Å². The van der Waals surface area contributed by atoms with Crippen LogP contribution >= 0.6 is 0 Å². The van der Waals surface area contributed by atoms with Crippen LogP contribution in [0.1, 0.15) is 16.8 Å². The highest BCUT2D eigenvalue weighted by atomic mass is 19.1. The molecule has 2 aliphatic heterocycles. The Morgan fingerprint density at radius 2 is 2.18 bits per heavy atom. The van der Waals surface area contributed by atoms with Crippen LogP contribution in [0.4, 0.5) is 10.1 Å². The van der Waals surface area contributed by atoms with Crippen LogP contribution in [0.2, 0.25) is 0 Å². The minimum absolute atomic E-state index is 0.124. The number of likely N-dealkylation sites (N-methyl/N-ethyl adjacent to an activating group) is 1. The van der Waals surface area contributed by atoms with Gasteiger partial charge in [-0.25, -0.2) is 4.39 Å². The van der Waals surface area contributed by atoms with Crippen molar-refractivity contribution in [3.05, 3.63) is 29.6 Å². The molecule has 0 spiro atoms. The molecule has 2 aliphatic rings. The molecule has 2 saturated heterocycles. The molecular weight excluding hydrogens is 285 g/mol. The lowest BCUT2D eigenvalue weighted by molar-refractivity contribution is 0.0743. The predicted octanol–water partition coefficient (Wildman–Crippen LogP) is 1.10. The second kappa shape index (κ2) is 6.62. The van der Waals surface area contributed by atoms with Crippen LogP contribution < -0.4 is 10.2 Å².